The second-order valence-electron chi connectivity index (χ2n) is 6.20. The number of aliphatic hydroxyl groups is 1. The standard InChI is InChI=1S/C17H24N2O5/c1-12(20)15-11-14(7-8-16(15)19(22)23)24-10-9-17(21)18(2)13-5-3-4-6-13/h7-8,11-13,20H,3-6,9-10H2,1-2H3. The Bertz CT molecular complexity index is 597. The van der Waals surface area contributed by atoms with Crippen LogP contribution in [0.2, 0.25) is 0 Å². The number of nitrogens with zero attached hydrogens (tertiary/aromatic N) is 2. The van der Waals surface area contributed by atoms with Crippen LogP contribution in [-0.4, -0.2) is 40.5 Å². The fourth-order valence-electron chi connectivity index (χ4n) is 3.05. The Morgan fingerprint density at radius 3 is 2.71 bits per heavy atom. The van der Waals surface area contributed by atoms with Crippen LogP contribution in [0.4, 0.5) is 5.69 Å². The van der Waals surface area contributed by atoms with Gasteiger partial charge >= 0.3 is 0 Å². The van der Waals surface area contributed by atoms with E-state index in [9.17, 15) is 20.0 Å². The number of nitro groups is 1. The summed E-state index contributed by atoms with van der Waals surface area (Å²) >= 11 is 0. The Labute approximate surface area is 141 Å². The van der Waals surface area contributed by atoms with Crippen molar-refractivity contribution in [3.63, 3.8) is 0 Å². The summed E-state index contributed by atoms with van der Waals surface area (Å²) in [7, 11) is 1.83. The van der Waals surface area contributed by atoms with Gasteiger partial charge in [0.2, 0.25) is 5.91 Å². The first kappa shape index (κ1) is 18.2. The monoisotopic (exact) mass is 336 g/mol. The molecular weight excluding hydrogens is 312 g/mol. The average Bonchev–Trinajstić information content (AvgIpc) is 3.08. The van der Waals surface area contributed by atoms with Gasteiger partial charge in [-0.1, -0.05) is 12.8 Å². The van der Waals surface area contributed by atoms with Crippen molar-refractivity contribution in [2.24, 2.45) is 0 Å². The lowest BCUT2D eigenvalue weighted by molar-refractivity contribution is -0.386. The highest BCUT2D eigenvalue weighted by molar-refractivity contribution is 5.76. The molecule has 24 heavy (non-hydrogen) atoms. The molecule has 0 bridgehead atoms. The molecule has 1 amide bonds. The minimum atomic E-state index is -0.968. The van der Waals surface area contributed by atoms with E-state index in [-0.39, 0.29) is 30.2 Å². The van der Waals surface area contributed by atoms with Gasteiger partial charge in [-0.05, 0) is 31.9 Å². The molecule has 0 saturated heterocycles. The summed E-state index contributed by atoms with van der Waals surface area (Å²) in [4.78, 5) is 24.4. The number of carbonyl (C=O) groups is 1. The van der Waals surface area contributed by atoms with E-state index in [2.05, 4.69) is 0 Å². The molecule has 1 aromatic rings. The number of aliphatic hydroxyl groups excluding tert-OH is 1. The molecular formula is C17H24N2O5. The molecule has 1 aromatic carbocycles. The topological polar surface area (TPSA) is 92.9 Å². The van der Waals surface area contributed by atoms with Crippen LogP contribution in [0.3, 0.4) is 0 Å². The van der Waals surface area contributed by atoms with Gasteiger partial charge in [0.25, 0.3) is 5.69 Å². The molecule has 1 aliphatic rings. The highest BCUT2D eigenvalue weighted by Crippen LogP contribution is 2.29. The van der Waals surface area contributed by atoms with Gasteiger partial charge in [0.15, 0.2) is 0 Å². The zero-order valence-corrected chi connectivity index (χ0v) is 14.1. The number of carbonyl (C=O) groups excluding carboxylic acids is 1. The first-order chi connectivity index (χ1) is 11.4. The summed E-state index contributed by atoms with van der Waals surface area (Å²) < 4.78 is 5.53. The van der Waals surface area contributed by atoms with E-state index < -0.39 is 11.0 Å². The Hall–Kier alpha value is -2.15. The third-order valence-corrected chi connectivity index (χ3v) is 4.50. The van der Waals surface area contributed by atoms with Gasteiger partial charge in [0.05, 0.1) is 29.6 Å². The first-order valence-electron chi connectivity index (χ1n) is 8.25. The number of amides is 1. The molecule has 0 aliphatic heterocycles. The predicted molar refractivity (Wildman–Crippen MR) is 88.9 cm³/mol. The van der Waals surface area contributed by atoms with Gasteiger partial charge < -0.3 is 14.7 Å². The summed E-state index contributed by atoms with van der Waals surface area (Å²) in [6.45, 7) is 1.67. The maximum atomic E-state index is 12.2. The van der Waals surface area contributed by atoms with Gasteiger partial charge in [-0.3, -0.25) is 14.9 Å². The molecule has 0 heterocycles. The number of nitro benzene ring substituents is 1. The third kappa shape index (κ3) is 4.44. The van der Waals surface area contributed by atoms with Crippen molar-refractivity contribution >= 4 is 11.6 Å². The Morgan fingerprint density at radius 2 is 2.12 bits per heavy atom. The van der Waals surface area contributed by atoms with Gasteiger partial charge in [0.1, 0.15) is 5.75 Å². The van der Waals surface area contributed by atoms with E-state index >= 15 is 0 Å². The van der Waals surface area contributed by atoms with Crippen LogP contribution >= 0.6 is 0 Å². The lowest BCUT2D eigenvalue weighted by Crippen LogP contribution is -2.35. The Kier molecular flexibility index (Phi) is 6.14. The van der Waals surface area contributed by atoms with Gasteiger partial charge in [-0.2, -0.15) is 0 Å². The van der Waals surface area contributed by atoms with Crippen molar-refractivity contribution in [2.45, 2.75) is 51.2 Å². The lowest BCUT2D eigenvalue weighted by atomic mass is 10.1. The molecule has 1 saturated carbocycles. The third-order valence-electron chi connectivity index (χ3n) is 4.50. The summed E-state index contributed by atoms with van der Waals surface area (Å²) in [6.07, 6.45) is 3.75. The van der Waals surface area contributed by atoms with Gasteiger partial charge in [-0.15, -0.1) is 0 Å². The normalized spacial score (nSPS) is 16.0. The Balaban J connectivity index is 1.91. The van der Waals surface area contributed by atoms with Crippen molar-refractivity contribution in [1.82, 2.24) is 4.90 Å². The van der Waals surface area contributed by atoms with E-state index in [4.69, 9.17) is 4.74 Å². The quantitative estimate of drug-likeness (QED) is 0.610. The summed E-state index contributed by atoms with van der Waals surface area (Å²) in [5.74, 6) is 0.451. The van der Waals surface area contributed by atoms with Crippen molar-refractivity contribution in [2.75, 3.05) is 13.7 Å². The summed E-state index contributed by atoms with van der Waals surface area (Å²) in [5.41, 5.74) is 0.0568. The van der Waals surface area contributed by atoms with Crippen LogP contribution in [0.5, 0.6) is 5.75 Å². The zero-order chi connectivity index (χ0) is 17.7. The number of hydrogen-bond acceptors (Lipinski definition) is 5. The van der Waals surface area contributed by atoms with Crippen LogP contribution in [0.25, 0.3) is 0 Å². The van der Waals surface area contributed by atoms with Crippen LogP contribution in [0.15, 0.2) is 18.2 Å². The SMILES string of the molecule is CC(O)c1cc(OCCC(=O)N(C)C2CCCC2)ccc1[N+](=O)[O-]. The molecule has 7 nitrogen and oxygen atoms in total. The van der Waals surface area contributed by atoms with Crippen LogP contribution < -0.4 is 4.74 Å². The van der Waals surface area contributed by atoms with Crippen molar-refractivity contribution in [3.05, 3.63) is 33.9 Å². The summed E-state index contributed by atoms with van der Waals surface area (Å²) in [5, 5.41) is 20.6. The maximum absolute atomic E-state index is 12.2. The minimum absolute atomic E-state index is 0.0413. The molecule has 1 fully saturated rings. The van der Waals surface area contributed by atoms with E-state index in [1.54, 1.807) is 4.90 Å². The van der Waals surface area contributed by atoms with Crippen LogP contribution in [0.1, 0.15) is 50.7 Å². The highest BCUT2D eigenvalue weighted by Gasteiger charge is 2.23. The molecule has 132 valence electrons. The number of rotatable bonds is 7. The molecule has 1 N–H and O–H groups in total. The Morgan fingerprint density at radius 1 is 1.46 bits per heavy atom. The van der Waals surface area contributed by atoms with Crippen molar-refractivity contribution < 1.29 is 19.6 Å². The zero-order valence-electron chi connectivity index (χ0n) is 14.1. The molecule has 2 rings (SSSR count). The number of hydrogen-bond donors (Lipinski definition) is 1. The van der Waals surface area contributed by atoms with E-state index in [1.807, 2.05) is 7.05 Å². The maximum Gasteiger partial charge on any atom is 0.275 e. The van der Waals surface area contributed by atoms with Gasteiger partial charge in [0, 0.05) is 19.2 Å². The van der Waals surface area contributed by atoms with E-state index in [1.165, 1.54) is 38.0 Å². The highest BCUT2D eigenvalue weighted by atomic mass is 16.6. The van der Waals surface area contributed by atoms with Crippen molar-refractivity contribution in [1.29, 1.82) is 0 Å². The largest absolute Gasteiger partial charge is 0.493 e. The average molecular weight is 336 g/mol. The van der Waals surface area contributed by atoms with Crippen LogP contribution in [-0.2, 0) is 4.79 Å². The number of ether oxygens (including phenoxy) is 1. The lowest BCUT2D eigenvalue weighted by Gasteiger charge is -2.24. The van der Waals surface area contributed by atoms with Crippen molar-refractivity contribution in [3.8, 4) is 5.75 Å². The minimum Gasteiger partial charge on any atom is -0.493 e. The fourth-order valence-corrected chi connectivity index (χ4v) is 3.05. The molecule has 0 spiro atoms. The number of benzene rings is 1. The fraction of sp³-hybridized carbons (Fsp3) is 0.588. The molecule has 7 heteroatoms. The second-order valence-corrected chi connectivity index (χ2v) is 6.20. The van der Waals surface area contributed by atoms with Crippen LogP contribution in [0, 0.1) is 10.1 Å². The predicted octanol–water partition coefficient (Wildman–Crippen LogP) is 2.82. The van der Waals surface area contributed by atoms with E-state index in [0.29, 0.717) is 11.8 Å². The second kappa shape index (κ2) is 8.10. The molecule has 0 radical (unpaired) electrons. The van der Waals surface area contributed by atoms with E-state index in [0.717, 1.165) is 12.8 Å². The molecule has 1 aliphatic carbocycles. The first-order valence-corrected chi connectivity index (χ1v) is 8.25. The summed E-state index contributed by atoms with van der Waals surface area (Å²) in [6, 6.07) is 4.58. The molecule has 1 atom stereocenters. The van der Waals surface area contributed by atoms with Gasteiger partial charge in [-0.25, -0.2) is 0 Å². The molecule has 0 aromatic heterocycles. The molecule has 1 unspecified atom stereocenters. The smallest absolute Gasteiger partial charge is 0.275 e.